The number of hydrogen-bond donors (Lipinski definition) is 1. The highest BCUT2D eigenvalue weighted by atomic mass is 15.2. The van der Waals surface area contributed by atoms with Crippen molar-refractivity contribution < 1.29 is 0 Å². The van der Waals surface area contributed by atoms with Crippen LogP contribution < -0.4 is 10.2 Å². The Balaban J connectivity index is 1.92. The van der Waals surface area contributed by atoms with E-state index in [1.54, 1.807) is 0 Å². The van der Waals surface area contributed by atoms with Crippen LogP contribution in [-0.4, -0.2) is 25.2 Å². The predicted molar refractivity (Wildman–Crippen MR) is 93.2 cm³/mol. The van der Waals surface area contributed by atoms with Gasteiger partial charge in [-0.2, -0.15) is 0 Å². The van der Waals surface area contributed by atoms with Gasteiger partial charge in [0.1, 0.15) is 0 Å². The lowest BCUT2D eigenvalue weighted by Gasteiger charge is -2.24. The highest BCUT2D eigenvalue weighted by Gasteiger charge is 2.24. The molecule has 0 spiro atoms. The lowest BCUT2D eigenvalue weighted by molar-refractivity contribution is 0.383. The molecule has 1 heterocycles. The average Bonchev–Trinajstić information content (AvgIpc) is 2.83. The van der Waals surface area contributed by atoms with Gasteiger partial charge in [-0.15, -0.1) is 0 Å². The minimum atomic E-state index is 0.224. The number of hydrogen-bond acceptors (Lipinski definition) is 2. The molecule has 1 N–H and O–H groups in total. The first kappa shape index (κ1) is 16.4. The number of nitrogens with zero attached hydrogens (tertiary/aromatic N) is 1. The first-order valence-corrected chi connectivity index (χ1v) is 8.26. The monoisotopic (exact) mass is 288 g/mol. The summed E-state index contributed by atoms with van der Waals surface area (Å²) in [7, 11) is 0. The second kappa shape index (κ2) is 6.00. The van der Waals surface area contributed by atoms with Gasteiger partial charge < -0.3 is 10.2 Å². The first-order chi connectivity index (χ1) is 9.65. The van der Waals surface area contributed by atoms with Gasteiger partial charge in [0, 0.05) is 30.9 Å². The molecule has 1 atom stereocenters. The van der Waals surface area contributed by atoms with Crippen molar-refractivity contribution in [1.29, 1.82) is 0 Å². The molecule has 1 unspecified atom stereocenters. The van der Waals surface area contributed by atoms with E-state index in [0.29, 0.717) is 0 Å². The fraction of sp³-hybridized carbons (Fsp3) is 0.684. The summed E-state index contributed by atoms with van der Waals surface area (Å²) in [5, 5.41) is 3.64. The van der Waals surface area contributed by atoms with Crippen molar-refractivity contribution in [3.63, 3.8) is 0 Å². The summed E-state index contributed by atoms with van der Waals surface area (Å²) in [6.45, 7) is 17.0. The maximum Gasteiger partial charge on any atom is 0.0366 e. The standard InChI is InChI=1S/C19H32N2/c1-18(2,3)16-7-9-17(10-8-16)21-12-11-15(14-21)13-20-19(4,5)6/h7-10,15,20H,11-14H2,1-6H3. The van der Waals surface area contributed by atoms with Crippen molar-refractivity contribution in [2.24, 2.45) is 5.92 Å². The molecule has 0 amide bonds. The van der Waals surface area contributed by atoms with Gasteiger partial charge in [-0.3, -0.25) is 0 Å². The second-order valence-electron chi connectivity index (χ2n) is 8.53. The third-order valence-corrected chi connectivity index (χ3v) is 4.31. The summed E-state index contributed by atoms with van der Waals surface area (Å²) >= 11 is 0. The van der Waals surface area contributed by atoms with E-state index in [2.05, 4.69) is 76.0 Å². The Morgan fingerprint density at radius 1 is 1.05 bits per heavy atom. The van der Waals surface area contributed by atoms with E-state index >= 15 is 0 Å². The Hall–Kier alpha value is -1.02. The molecule has 1 aromatic carbocycles. The maximum atomic E-state index is 3.64. The Morgan fingerprint density at radius 3 is 2.19 bits per heavy atom. The summed E-state index contributed by atoms with van der Waals surface area (Å²) in [6, 6.07) is 9.16. The Morgan fingerprint density at radius 2 is 1.67 bits per heavy atom. The summed E-state index contributed by atoms with van der Waals surface area (Å²) < 4.78 is 0. The normalized spacial score (nSPS) is 20.1. The van der Waals surface area contributed by atoms with E-state index in [4.69, 9.17) is 0 Å². The highest BCUT2D eigenvalue weighted by Crippen LogP contribution is 2.28. The quantitative estimate of drug-likeness (QED) is 0.897. The molecule has 2 rings (SSSR count). The van der Waals surface area contributed by atoms with Gasteiger partial charge in [0.2, 0.25) is 0 Å². The topological polar surface area (TPSA) is 15.3 Å². The molecule has 0 aliphatic carbocycles. The van der Waals surface area contributed by atoms with Gasteiger partial charge >= 0.3 is 0 Å². The lowest BCUT2D eigenvalue weighted by Crippen LogP contribution is -2.39. The molecule has 0 aromatic heterocycles. The van der Waals surface area contributed by atoms with Crippen molar-refractivity contribution in [2.45, 2.75) is 58.9 Å². The van der Waals surface area contributed by atoms with Gasteiger partial charge in [-0.05, 0) is 56.2 Å². The SMILES string of the molecule is CC(C)(C)NCC1CCN(c2ccc(C(C)(C)C)cc2)C1. The molecule has 2 nitrogen and oxygen atoms in total. The van der Waals surface area contributed by atoms with Gasteiger partial charge in [-0.25, -0.2) is 0 Å². The molecule has 21 heavy (non-hydrogen) atoms. The molecule has 2 heteroatoms. The third-order valence-electron chi connectivity index (χ3n) is 4.31. The van der Waals surface area contributed by atoms with Crippen molar-refractivity contribution >= 4 is 5.69 Å². The zero-order chi connectivity index (χ0) is 15.7. The van der Waals surface area contributed by atoms with E-state index in [-0.39, 0.29) is 11.0 Å². The molecule has 1 aliphatic rings. The molecule has 0 saturated carbocycles. The summed E-state index contributed by atoms with van der Waals surface area (Å²) in [4.78, 5) is 2.53. The van der Waals surface area contributed by atoms with Crippen molar-refractivity contribution in [1.82, 2.24) is 5.32 Å². The average molecular weight is 288 g/mol. The van der Waals surface area contributed by atoms with Gasteiger partial charge in [0.05, 0.1) is 0 Å². The molecule has 1 aromatic rings. The Kier molecular flexibility index (Phi) is 4.67. The van der Waals surface area contributed by atoms with Crippen molar-refractivity contribution in [3.05, 3.63) is 29.8 Å². The first-order valence-electron chi connectivity index (χ1n) is 8.26. The second-order valence-corrected chi connectivity index (χ2v) is 8.53. The van der Waals surface area contributed by atoms with E-state index in [1.165, 1.54) is 30.8 Å². The van der Waals surface area contributed by atoms with Crippen LogP contribution in [0.2, 0.25) is 0 Å². The summed E-state index contributed by atoms with van der Waals surface area (Å²) in [5.74, 6) is 0.770. The third kappa shape index (κ3) is 4.74. The molecule has 0 radical (unpaired) electrons. The van der Waals surface area contributed by atoms with Crippen LogP contribution in [-0.2, 0) is 5.41 Å². The van der Waals surface area contributed by atoms with Crippen LogP contribution in [0.3, 0.4) is 0 Å². The zero-order valence-electron chi connectivity index (χ0n) is 14.7. The van der Waals surface area contributed by atoms with Gasteiger partial charge in [0.25, 0.3) is 0 Å². The van der Waals surface area contributed by atoms with E-state index < -0.39 is 0 Å². The van der Waals surface area contributed by atoms with Crippen LogP contribution >= 0.6 is 0 Å². The molecule has 1 saturated heterocycles. The Bertz CT molecular complexity index is 448. The highest BCUT2D eigenvalue weighted by molar-refractivity contribution is 5.49. The van der Waals surface area contributed by atoms with Gasteiger partial charge in [0.15, 0.2) is 0 Å². The minimum Gasteiger partial charge on any atom is -0.371 e. The number of benzene rings is 1. The molecule has 1 aliphatic heterocycles. The largest absolute Gasteiger partial charge is 0.371 e. The van der Waals surface area contributed by atoms with Crippen LogP contribution in [0, 0.1) is 5.92 Å². The fourth-order valence-corrected chi connectivity index (χ4v) is 2.86. The maximum absolute atomic E-state index is 3.64. The molecular weight excluding hydrogens is 256 g/mol. The number of rotatable bonds is 3. The van der Waals surface area contributed by atoms with E-state index in [0.717, 1.165) is 12.5 Å². The molecule has 0 bridgehead atoms. The Labute approximate surface area is 130 Å². The van der Waals surface area contributed by atoms with Crippen molar-refractivity contribution in [3.8, 4) is 0 Å². The molecule has 118 valence electrons. The van der Waals surface area contributed by atoms with Crippen LogP contribution in [0.4, 0.5) is 5.69 Å². The van der Waals surface area contributed by atoms with E-state index in [1.807, 2.05) is 0 Å². The van der Waals surface area contributed by atoms with Crippen LogP contribution in [0.15, 0.2) is 24.3 Å². The summed E-state index contributed by atoms with van der Waals surface area (Å²) in [5.41, 5.74) is 3.25. The van der Waals surface area contributed by atoms with Crippen molar-refractivity contribution in [2.75, 3.05) is 24.5 Å². The zero-order valence-corrected chi connectivity index (χ0v) is 14.7. The lowest BCUT2D eigenvalue weighted by atomic mass is 9.87. The fourth-order valence-electron chi connectivity index (χ4n) is 2.86. The molecule has 1 fully saturated rings. The van der Waals surface area contributed by atoms with E-state index in [9.17, 15) is 0 Å². The number of nitrogens with one attached hydrogen (secondary N) is 1. The minimum absolute atomic E-state index is 0.224. The van der Waals surface area contributed by atoms with Gasteiger partial charge in [-0.1, -0.05) is 32.9 Å². The molecular formula is C19H32N2. The number of anilines is 1. The summed E-state index contributed by atoms with van der Waals surface area (Å²) in [6.07, 6.45) is 1.30. The van der Waals surface area contributed by atoms with Crippen LogP contribution in [0.5, 0.6) is 0 Å². The van der Waals surface area contributed by atoms with Crippen LogP contribution in [0.25, 0.3) is 0 Å². The predicted octanol–water partition coefficient (Wildman–Crippen LogP) is 4.20. The smallest absolute Gasteiger partial charge is 0.0366 e. The van der Waals surface area contributed by atoms with Crippen LogP contribution in [0.1, 0.15) is 53.5 Å².